The van der Waals surface area contributed by atoms with Crippen LogP contribution in [-0.2, 0) is 48.9 Å². The number of hydrogen-bond donors (Lipinski definition) is 0. The van der Waals surface area contributed by atoms with Gasteiger partial charge in [0, 0.05) is 86.3 Å². The molecule has 0 spiro atoms. The zero-order valence-electron chi connectivity index (χ0n) is 38.9. The number of ether oxygens (including phenoxy) is 2. The minimum Gasteiger partial charge on any atom is -0.492 e. The van der Waals surface area contributed by atoms with Crippen molar-refractivity contribution in [2.75, 3.05) is 50.9 Å². The van der Waals surface area contributed by atoms with Gasteiger partial charge < -0.3 is 23.8 Å². The number of halogens is 2. The zero-order valence-corrected chi connectivity index (χ0v) is 38.9. The third-order valence-electron chi connectivity index (χ3n) is 13.8. The maximum atomic E-state index is 15.2. The predicted molar refractivity (Wildman–Crippen MR) is 255 cm³/mol. The predicted octanol–water partition coefficient (Wildman–Crippen LogP) is 8.78. The fourth-order valence-electron chi connectivity index (χ4n) is 9.83. The average molecular weight is 920 g/mol. The van der Waals surface area contributed by atoms with Crippen molar-refractivity contribution in [3.8, 4) is 23.1 Å². The van der Waals surface area contributed by atoms with Gasteiger partial charge in [-0.15, -0.1) is 0 Å². The number of nitriles is 1. The highest BCUT2D eigenvalue weighted by Crippen LogP contribution is 2.39. The van der Waals surface area contributed by atoms with Crippen molar-refractivity contribution in [3.05, 3.63) is 159 Å². The number of fused-ring (bicyclic) bond motifs is 2. The SMILES string of the molecule is Cc1c(C(=O)N(c2ccccc2)c2cc(C#N)n(C(F)F)c2C)cc(-c2cc3c(cc2C(=O)N2Cc4ccccc4C[C@H]2C)CN(C(=O)Cc2ccc(OCCN4CCOCC4)cc2)CC3)n1C. The van der Waals surface area contributed by atoms with Gasteiger partial charge in [0.15, 0.2) is 0 Å². The highest BCUT2D eigenvalue weighted by atomic mass is 19.3. The quantitative estimate of drug-likeness (QED) is 0.121. The minimum absolute atomic E-state index is 0.0138. The van der Waals surface area contributed by atoms with Gasteiger partial charge in [-0.3, -0.25) is 28.8 Å². The summed E-state index contributed by atoms with van der Waals surface area (Å²) in [6, 6.07) is 33.4. The summed E-state index contributed by atoms with van der Waals surface area (Å²) in [6.07, 6.45) is 1.48. The lowest BCUT2D eigenvalue weighted by Crippen LogP contribution is -2.43. The molecule has 68 heavy (non-hydrogen) atoms. The van der Waals surface area contributed by atoms with Crippen molar-refractivity contribution in [2.24, 2.45) is 7.05 Å². The number of carbonyl (C=O) groups excluding carboxylic acids is 3. The summed E-state index contributed by atoms with van der Waals surface area (Å²) in [5, 5.41) is 9.83. The van der Waals surface area contributed by atoms with Crippen LogP contribution in [-0.4, -0.2) is 93.6 Å². The first kappa shape index (κ1) is 46.0. The topological polar surface area (TPSA) is 116 Å². The molecule has 14 heteroatoms. The molecule has 0 aliphatic carbocycles. The normalized spacial score (nSPS) is 16.0. The molecule has 0 unspecified atom stereocenters. The summed E-state index contributed by atoms with van der Waals surface area (Å²) >= 11 is 0. The van der Waals surface area contributed by atoms with Crippen LogP contribution in [0.25, 0.3) is 11.3 Å². The van der Waals surface area contributed by atoms with Crippen LogP contribution in [0, 0.1) is 25.2 Å². The van der Waals surface area contributed by atoms with Crippen LogP contribution in [0.15, 0.2) is 103 Å². The number of alkyl halides is 2. The third kappa shape index (κ3) is 9.16. The molecular weight excluding hydrogens is 865 g/mol. The summed E-state index contributed by atoms with van der Waals surface area (Å²) < 4.78 is 42.6. The van der Waals surface area contributed by atoms with E-state index in [1.165, 1.54) is 23.5 Å². The summed E-state index contributed by atoms with van der Waals surface area (Å²) in [6.45, 7) is 8.29. The second-order valence-corrected chi connectivity index (χ2v) is 17.9. The standard InChI is InChI=1S/C54H55F2N7O5/c1-35-26-39-10-8-9-11-41(39)34-61(35)52(65)48-29-42-33-60(51(64)27-38-14-16-45(17-15-38)68-25-22-59-20-23-67-24-21-59)19-18-40(42)28-47(48)50-31-46(36(2)58(50)4)53(66)63(43-12-6-5-7-13-43)49-30-44(32-57)62(37(49)3)54(55)56/h5-17,28-31,35,54H,18-27,33-34H2,1-4H3/t35-/m1/s1. The number of carbonyl (C=O) groups is 3. The lowest BCUT2D eigenvalue weighted by molar-refractivity contribution is -0.131. The molecule has 12 nitrogen and oxygen atoms in total. The Balaban J connectivity index is 1.03. The van der Waals surface area contributed by atoms with E-state index >= 15 is 9.59 Å². The number of amides is 3. The molecule has 0 saturated carbocycles. The van der Waals surface area contributed by atoms with Gasteiger partial charge in [0.2, 0.25) is 5.91 Å². The first-order chi connectivity index (χ1) is 32.9. The second-order valence-electron chi connectivity index (χ2n) is 17.9. The third-order valence-corrected chi connectivity index (χ3v) is 13.8. The van der Waals surface area contributed by atoms with E-state index < -0.39 is 12.5 Å². The van der Waals surface area contributed by atoms with Crippen molar-refractivity contribution < 1.29 is 32.6 Å². The molecule has 0 N–H and O–H groups in total. The maximum absolute atomic E-state index is 15.2. The van der Waals surface area contributed by atoms with Crippen molar-refractivity contribution in [3.63, 3.8) is 0 Å². The Morgan fingerprint density at radius 3 is 2.26 bits per heavy atom. The molecule has 2 aromatic heterocycles. The number of para-hydroxylation sites is 1. The molecule has 1 fully saturated rings. The van der Waals surface area contributed by atoms with E-state index in [0.717, 1.165) is 60.9 Å². The van der Waals surface area contributed by atoms with Crippen LogP contribution in [0.4, 0.5) is 20.2 Å². The number of aromatic nitrogens is 2. The van der Waals surface area contributed by atoms with Gasteiger partial charge in [-0.25, -0.2) is 0 Å². The van der Waals surface area contributed by atoms with E-state index in [-0.39, 0.29) is 41.4 Å². The summed E-state index contributed by atoms with van der Waals surface area (Å²) in [7, 11) is 1.85. The molecule has 1 atom stereocenters. The molecule has 3 aliphatic rings. The lowest BCUT2D eigenvalue weighted by Gasteiger charge is -2.36. The van der Waals surface area contributed by atoms with Gasteiger partial charge >= 0.3 is 6.55 Å². The Hall–Kier alpha value is -7.08. The molecule has 1 saturated heterocycles. The maximum Gasteiger partial charge on any atom is 0.319 e. The Bertz CT molecular complexity index is 2900. The second kappa shape index (κ2) is 19.6. The number of anilines is 2. The summed E-state index contributed by atoms with van der Waals surface area (Å²) in [5.74, 6) is 0.0982. The van der Waals surface area contributed by atoms with Crippen molar-refractivity contribution in [1.82, 2.24) is 23.8 Å². The first-order valence-corrected chi connectivity index (χ1v) is 23.2. The molecule has 3 amide bonds. The molecule has 0 bridgehead atoms. The van der Waals surface area contributed by atoms with Crippen LogP contribution in [0.5, 0.6) is 5.75 Å². The van der Waals surface area contributed by atoms with E-state index in [1.54, 1.807) is 36.4 Å². The van der Waals surface area contributed by atoms with E-state index in [2.05, 4.69) is 24.0 Å². The molecule has 6 aromatic rings. The van der Waals surface area contributed by atoms with Crippen LogP contribution < -0.4 is 9.64 Å². The Labute approximate surface area is 395 Å². The fraction of sp³-hybridized carbons (Fsp3) is 0.333. The van der Waals surface area contributed by atoms with E-state index in [0.29, 0.717) is 77.4 Å². The van der Waals surface area contributed by atoms with Gasteiger partial charge in [-0.2, -0.15) is 14.0 Å². The van der Waals surface area contributed by atoms with Gasteiger partial charge in [-0.05, 0) is 110 Å². The van der Waals surface area contributed by atoms with Crippen molar-refractivity contribution in [1.29, 1.82) is 5.26 Å². The molecule has 0 radical (unpaired) electrons. The zero-order chi connectivity index (χ0) is 47.6. The van der Waals surface area contributed by atoms with Crippen LogP contribution in [0.1, 0.15) is 79.1 Å². The summed E-state index contributed by atoms with van der Waals surface area (Å²) in [4.78, 5) is 51.5. The van der Waals surface area contributed by atoms with Crippen LogP contribution >= 0.6 is 0 Å². The summed E-state index contributed by atoms with van der Waals surface area (Å²) in [5.41, 5.74) is 8.08. The Morgan fingerprint density at radius 2 is 1.56 bits per heavy atom. The fourth-order valence-corrected chi connectivity index (χ4v) is 9.83. The monoisotopic (exact) mass is 919 g/mol. The number of rotatable bonds is 12. The van der Waals surface area contributed by atoms with Crippen molar-refractivity contribution >= 4 is 29.1 Å². The van der Waals surface area contributed by atoms with Gasteiger partial charge in [0.25, 0.3) is 11.8 Å². The number of morpholine rings is 1. The molecule has 3 aliphatic heterocycles. The van der Waals surface area contributed by atoms with Gasteiger partial charge in [-0.1, -0.05) is 54.6 Å². The van der Waals surface area contributed by atoms with E-state index in [1.807, 2.05) is 82.9 Å². The minimum atomic E-state index is -2.99. The van der Waals surface area contributed by atoms with Crippen molar-refractivity contribution in [2.45, 2.75) is 65.7 Å². The van der Waals surface area contributed by atoms with E-state index in [4.69, 9.17) is 9.47 Å². The Kier molecular flexibility index (Phi) is 13.3. The molecule has 4 aromatic carbocycles. The lowest BCUT2D eigenvalue weighted by atomic mass is 9.89. The smallest absolute Gasteiger partial charge is 0.319 e. The van der Waals surface area contributed by atoms with Gasteiger partial charge in [0.05, 0.1) is 30.9 Å². The molecule has 9 rings (SSSR count). The highest BCUT2D eigenvalue weighted by molar-refractivity contribution is 6.13. The largest absolute Gasteiger partial charge is 0.492 e. The van der Waals surface area contributed by atoms with E-state index in [9.17, 15) is 18.8 Å². The van der Waals surface area contributed by atoms with Crippen LogP contribution in [0.2, 0.25) is 0 Å². The van der Waals surface area contributed by atoms with Crippen LogP contribution in [0.3, 0.4) is 0 Å². The molecule has 350 valence electrons. The molecular formula is C54H55F2N7O5. The molecule has 5 heterocycles. The highest BCUT2D eigenvalue weighted by Gasteiger charge is 2.34. The number of benzene rings is 4. The average Bonchev–Trinajstić information content (AvgIpc) is 3.85. The Morgan fingerprint density at radius 1 is 0.838 bits per heavy atom. The van der Waals surface area contributed by atoms with Gasteiger partial charge in [0.1, 0.15) is 24.1 Å². The number of nitrogens with zero attached hydrogens (tertiary/aromatic N) is 7. The first-order valence-electron chi connectivity index (χ1n) is 23.2. The number of hydrogen-bond acceptors (Lipinski definition) is 7.